The molecule has 0 bridgehead atoms. The zero-order chi connectivity index (χ0) is 27.4. The molecule has 3 aromatic heterocycles. The van der Waals surface area contributed by atoms with Crippen LogP contribution in [0.15, 0.2) is 91.0 Å². The summed E-state index contributed by atoms with van der Waals surface area (Å²) >= 11 is 0. The molecule has 0 radical (unpaired) electrons. The molecule has 7 rings (SSSR count). The fourth-order valence-corrected chi connectivity index (χ4v) is 5.63. The van der Waals surface area contributed by atoms with Gasteiger partial charge in [-0.15, -0.1) is 0 Å². The molecule has 0 aliphatic rings. The van der Waals surface area contributed by atoms with Crippen LogP contribution in [0.5, 0.6) is 23.0 Å². The Hall–Kier alpha value is -5.17. The maximum absolute atomic E-state index is 5.61. The van der Waals surface area contributed by atoms with Crippen molar-refractivity contribution in [3.63, 3.8) is 0 Å². The number of aromatic nitrogens is 3. The molecule has 7 nitrogen and oxygen atoms in total. The molecule has 0 N–H and O–H groups in total. The number of nitrogens with zero attached hydrogens (tertiary/aromatic N) is 3. The molecule has 0 atom stereocenters. The molecule has 198 valence electrons. The van der Waals surface area contributed by atoms with Gasteiger partial charge in [0.15, 0.2) is 0 Å². The van der Waals surface area contributed by atoms with Crippen LogP contribution in [0, 0.1) is 0 Å². The van der Waals surface area contributed by atoms with Gasteiger partial charge >= 0.3 is 0 Å². The Morgan fingerprint density at radius 2 is 0.825 bits per heavy atom. The lowest BCUT2D eigenvalue weighted by atomic mass is 10.2. The topological polar surface area (TPSA) is 59.7 Å². The number of para-hydroxylation sites is 2. The van der Waals surface area contributed by atoms with Crippen LogP contribution in [-0.2, 0) is 0 Å². The Morgan fingerprint density at radius 3 is 1.20 bits per heavy atom. The lowest BCUT2D eigenvalue weighted by Crippen LogP contribution is -1.99. The van der Waals surface area contributed by atoms with Crippen LogP contribution in [0.2, 0.25) is 0 Å². The number of ether oxygens (including phenoxy) is 4. The van der Waals surface area contributed by atoms with Gasteiger partial charge < -0.3 is 28.1 Å². The summed E-state index contributed by atoms with van der Waals surface area (Å²) in [6, 6.07) is 30.7. The molecule has 0 aliphatic carbocycles. The average Bonchev–Trinajstić information content (AvgIpc) is 3.51. The quantitative estimate of drug-likeness (QED) is 0.226. The number of methoxy groups -OCH3 is 4. The van der Waals surface area contributed by atoms with E-state index in [1.54, 1.807) is 28.4 Å². The third kappa shape index (κ3) is 3.55. The van der Waals surface area contributed by atoms with Crippen LogP contribution in [0.4, 0.5) is 0 Å². The fraction of sp³-hybridized carbons (Fsp3) is 0.121. The summed E-state index contributed by atoms with van der Waals surface area (Å²) in [7, 11) is 6.65. The first kappa shape index (κ1) is 23.9. The molecule has 0 aliphatic heterocycles. The van der Waals surface area contributed by atoms with Crippen molar-refractivity contribution in [2.45, 2.75) is 0 Å². The second-order valence-electron chi connectivity index (χ2n) is 9.57. The Balaban J connectivity index is 1.64. The summed E-state index contributed by atoms with van der Waals surface area (Å²) in [5.41, 5.74) is 7.75. The molecule has 0 unspecified atom stereocenters. The monoisotopic (exact) mass is 529 g/mol. The van der Waals surface area contributed by atoms with Gasteiger partial charge in [0, 0.05) is 47.2 Å². The van der Waals surface area contributed by atoms with Gasteiger partial charge in [0.05, 0.1) is 72.9 Å². The number of rotatable bonds is 6. The standard InChI is InChI=1S/C33H27N3O4/c1-37-22-13-20(14-23(17-22)38-2)35-28-11-7-5-9-26(28)32-30(35)19-31-33(34-32)27-10-6-8-12-29(27)36(31)21-15-24(39-3)18-25(16-21)40-4/h5-19H,1-4H3. The Labute approximate surface area is 230 Å². The summed E-state index contributed by atoms with van der Waals surface area (Å²) < 4.78 is 26.9. The lowest BCUT2D eigenvalue weighted by Gasteiger charge is -2.13. The van der Waals surface area contributed by atoms with E-state index in [2.05, 4.69) is 51.6 Å². The van der Waals surface area contributed by atoms with E-state index in [0.717, 1.165) is 55.2 Å². The third-order valence-corrected chi connectivity index (χ3v) is 7.45. The van der Waals surface area contributed by atoms with Gasteiger partial charge in [-0.25, -0.2) is 4.98 Å². The number of hydrogen-bond acceptors (Lipinski definition) is 5. The average molecular weight is 530 g/mol. The van der Waals surface area contributed by atoms with Gasteiger partial charge in [-0.1, -0.05) is 36.4 Å². The van der Waals surface area contributed by atoms with Crippen LogP contribution in [-0.4, -0.2) is 42.6 Å². The van der Waals surface area contributed by atoms with Gasteiger partial charge in [0.25, 0.3) is 0 Å². The Morgan fingerprint density at radius 1 is 0.450 bits per heavy atom. The van der Waals surface area contributed by atoms with Gasteiger partial charge in [-0.3, -0.25) is 0 Å². The third-order valence-electron chi connectivity index (χ3n) is 7.45. The van der Waals surface area contributed by atoms with Gasteiger partial charge in [0.1, 0.15) is 23.0 Å². The van der Waals surface area contributed by atoms with Crippen LogP contribution in [0.1, 0.15) is 0 Å². The van der Waals surface area contributed by atoms with Gasteiger partial charge in [-0.05, 0) is 18.2 Å². The van der Waals surface area contributed by atoms with Crippen molar-refractivity contribution < 1.29 is 18.9 Å². The molecule has 4 aromatic carbocycles. The number of benzene rings is 4. The highest BCUT2D eigenvalue weighted by atomic mass is 16.5. The number of fused-ring (bicyclic) bond motifs is 6. The highest BCUT2D eigenvalue weighted by molar-refractivity contribution is 6.15. The zero-order valence-electron chi connectivity index (χ0n) is 22.6. The van der Waals surface area contributed by atoms with E-state index < -0.39 is 0 Å². The molecule has 7 aromatic rings. The zero-order valence-corrected chi connectivity index (χ0v) is 22.6. The summed E-state index contributed by atoms with van der Waals surface area (Å²) in [5, 5.41) is 2.14. The highest BCUT2D eigenvalue weighted by Crippen LogP contribution is 2.39. The molecule has 0 saturated carbocycles. The Bertz CT molecular complexity index is 1880. The highest BCUT2D eigenvalue weighted by Gasteiger charge is 2.20. The predicted molar refractivity (Wildman–Crippen MR) is 159 cm³/mol. The second kappa shape index (κ2) is 9.24. The van der Waals surface area contributed by atoms with Crippen LogP contribution >= 0.6 is 0 Å². The van der Waals surface area contributed by atoms with Crippen LogP contribution in [0.25, 0.3) is 55.2 Å². The van der Waals surface area contributed by atoms with E-state index in [9.17, 15) is 0 Å². The fourth-order valence-electron chi connectivity index (χ4n) is 5.63. The lowest BCUT2D eigenvalue weighted by molar-refractivity contribution is 0.394. The maximum Gasteiger partial charge on any atom is 0.124 e. The SMILES string of the molecule is COc1cc(OC)cc(-n2c3ccccc3c3nc4c5ccccc5n(-c5cc(OC)cc(OC)c5)c4cc32)c1. The molecule has 0 saturated heterocycles. The summed E-state index contributed by atoms with van der Waals surface area (Å²) in [5.74, 6) is 2.86. The van der Waals surface area contributed by atoms with E-state index >= 15 is 0 Å². The number of hydrogen-bond donors (Lipinski definition) is 0. The van der Waals surface area contributed by atoms with Gasteiger partial charge in [0.2, 0.25) is 0 Å². The van der Waals surface area contributed by atoms with Crippen molar-refractivity contribution in [1.29, 1.82) is 0 Å². The molecule has 0 spiro atoms. The smallest absolute Gasteiger partial charge is 0.124 e. The first-order chi connectivity index (χ1) is 19.6. The normalized spacial score (nSPS) is 11.5. The molecule has 40 heavy (non-hydrogen) atoms. The van der Waals surface area contributed by atoms with Crippen LogP contribution < -0.4 is 18.9 Å². The summed E-state index contributed by atoms with van der Waals surface area (Å²) in [6.45, 7) is 0. The van der Waals surface area contributed by atoms with Gasteiger partial charge in [-0.2, -0.15) is 0 Å². The molecule has 0 fully saturated rings. The second-order valence-corrected chi connectivity index (χ2v) is 9.57. The minimum Gasteiger partial charge on any atom is -0.497 e. The van der Waals surface area contributed by atoms with E-state index in [4.69, 9.17) is 23.9 Å². The molecular formula is C33H27N3O4. The minimum absolute atomic E-state index is 0.715. The van der Waals surface area contributed by atoms with E-state index in [1.807, 2.05) is 48.5 Å². The van der Waals surface area contributed by atoms with E-state index in [0.29, 0.717) is 23.0 Å². The van der Waals surface area contributed by atoms with Crippen molar-refractivity contribution in [2.24, 2.45) is 0 Å². The number of pyridine rings is 1. The van der Waals surface area contributed by atoms with Crippen molar-refractivity contribution >= 4 is 43.9 Å². The molecule has 3 heterocycles. The molecular weight excluding hydrogens is 502 g/mol. The predicted octanol–water partition coefficient (Wildman–Crippen LogP) is 7.31. The summed E-state index contributed by atoms with van der Waals surface area (Å²) in [4.78, 5) is 5.33. The van der Waals surface area contributed by atoms with Crippen molar-refractivity contribution in [1.82, 2.24) is 14.1 Å². The molecule has 7 heteroatoms. The van der Waals surface area contributed by atoms with E-state index in [1.165, 1.54) is 0 Å². The van der Waals surface area contributed by atoms with Crippen molar-refractivity contribution in [3.05, 3.63) is 91.0 Å². The first-order valence-corrected chi connectivity index (χ1v) is 12.9. The largest absolute Gasteiger partial charge is 0.497 e. The Kier molecular flexibility index (Phi) is 5.52. The first-order valence-electron chi connectivity index (χ1n) is 12.9. The summed E-state index contributed by atoms with van der Waals surface area (Å²) in [6.07, 6.45) is 0. The van der Waals surface area contributed by atoms with Crippen molar-refractivity contribution in [2.75, 3.05) is 28.4 Å². The van der Waals surface area contributed by atoms with Crippen molar-refractivity contribution in [3.8, 4) is 34.4 Å². The van der Waals surface area contributed by atoms with E-state index in [-0.39, 0.29) is 0 Å². The molecule has 0 amide bonds. The minimum atomic E-state index is 0.715. The maximum atomic E-state index is 5.61. The van der Waals surface area contributed by atoms with Crippen LogP contribution in [0.3, 0.4) is 0 Å².